The van der Waals surface area contributed by atoms with Crippen molar-refractivity contribution in [2.24, 2.45) is 0 Å². The van der Waals surface area contributed by atoms with E-state index >= 15 is 0 Å². The summed E-state index contributed by atoms with van der Waals surface area (Å²) in [4.78, 5) is 21.4. The summed E-state index contributed by atoms with van der Waals surface area (Å²) in [5, 5.41) is 4.12. The molecule has 1 heterocycles. The van der Waals surface area contributed by atoms with Crippen molar-refractivity contribution >= 4 is 40.6 Å². The average molecular weight is 414 g/mol. The SMILES string of the molecule is COc1ccc([C@H]2CC(=O)c3cnc(Nc4ccc(Cl)cc4Cl)nc3C2)cc1. The lowest BCUT2D eigenvalue weighted by Crippen LogP contribution is -2.21. The maximum atomic E-state index is 12.6. The van der Waals surface area contributed by atoms with E-state index in [2.05, 4.69) is 15.3 Å². The number of hydrogen-bond donors (Lipinski definition) is 1. The van der Waals surface area contributed by atoms with Crippen LogP contribution in [0.15, 0.2) is 48.7 Å². The molecule has 0 spiro atoms. The van der Waals surface area contributed by atoms with Gasteiger partial charge in [-0.2, -0.15) is 0 Å². The number of carbonyl (C=O) groups excluding carboxylic acids is 1. The van der Waals surface area contributed by atoms with Gasteiger partial charge in [-0.05, 0) is 48.2 Å². The van der Waals surface area contributed by atoms with Gasteiger partial charge in [0.2, 0.25) is 5.95 Å². The molecule has 0 amide bonds. The molecule has 5 nitrogen and oxygen atoms in total. The Labute approximate surface area is 172 Å². The third-order valence-corrected chi connectivity index (χ3v) is 5.35. The third-order valence-electron chi connectivity index (χ3n) is 4.80. The summed E-state index contributed by atoms with van der Waals surface area (Å²) in [7, 11) is 1.63. The molecule has 0 aliphatic heterocycles. The molecule has 28 heavy (non-hydrogen) atoms. The molecule has 2 aromatic carbocycles. The summed E-state index contributed by atoms with van der Waals surface area (Å²) in [5.74, 6) is 1.32. The molecule has 0 radical (unpaired) electrons. The minimum atomic E-state index is 0.0538. The van der Waals surface area contributed by atoms with Crippen molar-refractivity contribution in [2.75, 3.05) is 12.4 Å². The second-order valence-corrected chi connectivity index (χ2v) is 7.45. The smallest absolute Gasteiger partial charge is 0.227 e. The van der Waals surface area contributed by atoms with Crippen LogP contribution in [0.2, 0.25) is 10.0 Å². The van der Waals surface area contributed by atoms with E-state index in [1.807, 2.05) is 24.3 Å². The van der Waals surface area contributed by atoms with E-state index in [1.54, 1.807) is 31.5 Å². The Morgan fingerprint density at radius 2 is 1.89 bits per heavy atom. The molecule has 1 aromatic heterocycles. The number of benzene rings is 2. The molecule has 4 rings (SSSR count). The number of anilines is 2. The highest BCUT2D eigenvalue weighted by molar-refractivity contribution is 6.36. The van der Waals surface area contributed by atoms with Crippen LogP contribution in [-0.4, -0.2) is 22.9 Å². The van der Waals surface area contributed by atoms with Crippen molar-refractivity contribution in [3.05, 3.63) is 75.5 Å². The van der Waals surface area contributed by atoms with Crippen LogP contribution in [0.5, 0.6) is 5.75 Å². The number of ether oxygens (including phenoxy) is 1. The highest BCUT2D eigenvalue weighted by atomic mass is 35.5. The Hall–Kier alpha value is -2.63. The first kappa shape index (κ1) is 18.7. The van der Waals surface area contributed by atoms with Crippen molar-refractivity contribution in [3.63, 3.8) is 0 Å². The van der Waals surface area contributed by atoms with Crippen LogP contribution in [-0.2, 0) is 6.42 Å². The predicted octanol–water partition coefficient (Wildman–Crippen LogP) is 5.45. The molecule has 3 aromatic rings. The maximum Gasteiger partial charge on any atom is 0.227 e. The fourth-order valence-electron chi connectivity index (χ4n) is 3.33. The van der Waals surface area contributed by atoms with E-state index in [-0.39, 0.29) is 11.7 Å². The number of aromatic nitrogens is 2. The summed E-state index contributed by atoms with van der Waals surface area (Å²) < 4.78 is 5.21. The lowest BCUT2D eigenvalue weighted by Gasteiger charge is -2.23. The minimum Gasteiger partial charge on any atom is -0.497 e. The second kappa shape index (κ2) is 7.78. The van der Waals surface area contributed by atoms with E-state index < -0.39 is 0 Å². The number of carbonyl (C=O) groups is 1. The summed E-state index contributed by atoms with van der Waals surface area (Å²) in [5.41, 5.74) is 3.06. The molecule has 0 saturated heterocycles. The number of nitrogens with zero attached hydrogens (tertiary/aromatic N) is 2. The van der Waals surface area contributed by atoms with Gasteiger partial charge in [0.25, 0.3) is 0 Å². The van der Waals surface area contributed by atoms with E-state index in [0.29, 0.717) is 40.1 Å². The number of methoxy groups -OCH3 is 1. The fraction of sp³-hybridized carbons (Fsp3) is 0.190. The Balaban J connectivity index is 1.60. The summed E-state index contributed by atoms with van der Waals surface area (Å²) in [6, 6.07) is 12.9. The number of halogens is 2. The van der Waals surface area contributed by atoms with Crippen LogP contribution in [0.1, 0.15) is 34.0 Å². The Morgan fingerprint density at radius 3 is 2.61 bits per heavy atom. The van der Waals surface area contributed by atoms with Crippen molar-refractivity contribution in [3.8, 4) is 5.75 Å². The van der Waals surface area contributed by atoms with Gasteiger partial charge in [0, 0.05) is 17.6 Å². The van der Waals surface area contributed by atoms with E-state index in [4.69, 9.17) is 27.9 Å². The highest BCUT2D eigenvalue weighted by Gasteiger charge is 2.28. The predicted molar refractivity (Wildman–Crippen MR) is 110 cm³/mol. The molecular formula is C21H17Cl2N3O2. The molecule has 1 aliphatic rings. The Kier molecular flexibility index (Phi) is 5.20. The summed E-state index contributed by atoms with van der Waals surface area (Å²) in [6.45, 7) is 0. The second-order valence-electron chi connectivity index (χ2n) is 6.60. The lowest BCUT2D eigenvalue weighted by molar-refractivity contribution is 0.0962. The number of nitrogens with one attached hydrogen (secondary N) is 1. The van der Waals surface area contributed by atoms with Gasteiger partial charge in [0.15, 0.2) is 5.78 Å². The lowest BCUT2D eigenvalue weighted by atomic mass is 9.82. The van der Waals surface area contributed by atoms with Crippen LogP contribution < -0.4 is 10.1 Å². The zero-order valence-electron chi connectivity index (χ0n) is 15.1. The first-order valence-corrected chi connectivity index (χ1v) is 9.54. The van der Waals surface area contributed by atoms with Gasteiger partial charge in [-0.1, -0.05) is 35.3 Å². The van der Waals surface area contributed by atoms with Crippen molar-refractivity contribution < 1.29 is 9.53 Å². The topological polar surface area (TPSA) is 64.1 Å². The molecular weight excluding hydrogens is 397 g/mol. The van der Waals surface area contributed by atoms with Crippen LogP contribution in [0, 0.1) is 0 Å². The molecule has 0 saturated carbocycles. The minimum absolute atomic E-state index is 0.0538. The maximum absolute atomic E-state index is 12.6. The molecule has 1 aliphatic carbocycles. The quantitative estimate of drug-likeness (QED) is 0.615. The standard InChI is InChI=1S/C21H17Cl2N3O2/c1-28-15-5-2-12(3-6-15)13-8-19-16(20(27)9-13)11-24-21(26-19)25-18-7-4-14(22)10-17(18)23/h2-7,10-11,13H,8-9H2,1H3,(H,24,25,26)/t13-/m1/s1. The van der Waals surface area contributed by atoms with Gasteiger partial charge in [0.05, 0.1) is 29.1 Å². The van der Waals surface area contributed by atoms with E-state index in [0.717, 1.165) is 17.0 Å². The number of Topliss-reactive ketones (excluding diaryl/α,β-unsaturated/α-hetero) is 1. The zero-order chi connectivity index (χ0) is 19.7. The number of rotatable bonds is 4. The number of ketones is 1. The fourth-order valence-corrected chi connectivity index (χ4v) is 3.78. The first-order valence-electron chi connectivity index (χ1n) is 8.78. The number of fused-ring (bicyclic) bond motifs is 1. The Morgan fingerprint density at radius 1 is 1.11 bits per heavy atom. The van der Waals surface area contributed by atoms with Crippen LogP contribution in [0.25, 0.3) is 0 Å². The normalized spacial score (nSPS) is 15.8. The monoisotopic (exact) mass is 413 g/mol. The molecule has 1 atom stereocenters. The van der Waals surface area contributed by atoms with Crippen LogP contribution in [0.4, 0.5) is 11.6 Å². The van der Waals surface area contributed by atoms with Crippen molar-refractivity contribution in [2.45, 2.75) is 18.8 Å². The summed E-state index contributed by atoms with van der Waals surface area (Å²) in [6.07, 6.45) is 2.69. The van der Waals surface area contributed by atoms with Gasteiger partial charge in [0.1, 0.15) is 5.75 Å². The van der Waals surface area contributed by atoms with Gasteiger partial charge in [-0.3, -0.25) is 4.79 Å². The largest absolute Gasteiger partial charge is 0.497 e. The molecule has 0 unspecified atom stereocenters. The zero-order valence-corrected chi connectivity index (χ0v) is 16.6. The van der Waals surface area contributed by atoms with Crippen LogP contribution >= 0.6 is 23.2 Å². The van der Waals surface area contributed by atoms with E-state index in [1.165, 1.54) is 0 Å². The Bertz CT molecular complexity index is 1040. The highest BCUT2D eigenvalue weighted by Crippen LogP contribution is 2.33. The van der Waals surface area contributed by atoms with E-state index in [9.17, 15) is 4.79 Å². The van der Waals surface area contributed by atoms with Gasteiger partial charge in [-0.15, -0.1) is 0 Å². The summed E-state index contributed by atoms with van der Waals surface area (Å²) >= 11 is 12.1. The van der Waals surface area contributed by atoms with Gasteiger partial charge in [-0.25, -0.2) is 9.97 Å². The van der Waals surface area contributed by atoms with Gasteiger partial charge >= 0.3 is 0 Å². The molecule has 7 heteroatoms. The third kappa shape index (κ3) is 3.81. The molecule has 1 N–H and O–H groups in total. The molecule has 0 fully saturated rings. The first-order chi connectivity index (χ1) is 13.5. The van der Waals surface area contributed by atoms with Crippen molar-refractivity contribution in [1.82, 2.24) is 9.97 Å². The number of hydrogen-bond acceptors (Lipinski definition) is 5. The van der Waals surface area contributed by atoms with Crippen LogP contribution in [0.3, 0.4) is 0 Å². The molecule has 0 bridgehead atoms. The van der Waals surface area contributed by atoms with Gasteiger partial charge < -0.3 is 10.1 Å². The average Bonchev–Trinajstić information content (AvgIpc) is 2.70. The molecule has 142 valence electrons. The van der Waals surface area contributed by atoms with Crippen molar-refractivity contribution in [1.29, 1.82) is 0 Å².